The van der Waals surface area contributed by atoms with E-state index in [2.05, 4.69) is 6.07 Å². The lowest BCUT2D eigenvalue weighted by Gasteiger charge is -2.42. The quantitative estimate of drug-likeness (QED) is 0.818. The van der Waals surface area contributed by atoms with Gasteiger partial charge in [-0.05, 0) is 19.3 Å². The molecule has 1 saturated heterocycles. The van der Waals surface area contributed by atoms with Gasteiger partial charge in [-0.15, -0.1) is 0 Å². The number of rotatable bonds is 3. The molecule has 0 aromatic heterocycles. The predicted molar refractivity (Wildman–Crippen MR) is 62.1 cm³/mol. The molecule has 1 unspecified atom stereocenters. The van der Waals surface area contributed by atoms with Gasteiger partial charge in [-0.25, -0.2) is 0 Å². The second-order valence-corrected chi connectivity index (χ2v) is 5.18. The average molecular weight is 239 g/mol. The van der Waals surface area contributed by atoms with Gasteiger partial charge in [-0.2, -0.15) is 5.26 Å². The maximum Gasteiger partial charge on any atom is 0.168 e. The van der Waals surface area contributed by atoms with Gasteiger partial charge in [0.25, 0.3) is 0 Å². The highest BCUT2D eigenvalue weighted by molar-refractivity contribution is 5.02. The Balaban J connectivity index is 1.98. The van der Waals surface area contributed by atoms with Crippen LogP contribution in [0.25, 0.3) is 0 Å². The first-order valence-corrected chi connectivity index (χ1v) is 6.54. The van der Waals surface area contributed by atoms with E-state index in [1.807, 2.05) is 6.92 Å². The lowest BCUT2D eigenvalue weighted by molar-refractivity contribution is -0.207. The van der Waals surface area contributed by atoms with Crippen LogP contribution in [-0.4, -0.2) is 29.7 Å². The second-order valence-electron chi connectivity index (χ2n) is 5.18. The van der Waals surface area contributed by atoms with Crippen molar-refractivity contribution in [3.63, 3.8) is 0 Å². The summed E-state index contributed by atoms with van der Waals surface area (Å²) in [6.45, 7) is 3.34. The highest BCUT2D eigenvalue weighted by Crippen LogP contribution is 2.44. The zero-order chi connectivity index (χ0) is 12.4. The number of hydrogen-bond acceptors (Lipinski definition) is 4. The van der Waals surface area contributed by atoms with Gasteiger partial charge in [0.1, 0.15) is 0 Å². The normalized spacial score (nSPS) is 27.8. The molecular weight excluding hydrogens is 218 g/mol. The van der Waals surface area contributed by atoms with Crippen LogP contribution in [0.15, 0.2) is 0 Å². The Morgan fingerprint density at radius 3 is 2.29 bits per heavy atom. The minimum absolute atomic E-state index is 0.258. The molecule has 1 aliphatic carbocycles. The number of nitriles is 1. The number of aliphatic hydroxyl groups is 1. The summed E-state index contributed by atoms with van der Waals surface area (Å²) >= 11 is 0. The van der Waals surface area contributed by atoms with Crippen LogP contribution in [-0.2, 0) is 9.47 Å². The van der Waals surface area contributed by atoms with Crippen LogP contribution in [0.1, 0.15) is 45.4 Å². The molecule has 0 aromatic rings. The third kappa shape index (κ3) is 2.47. The Morgan fingerprint density at radius 2 is 1.82 bits per heavy atom. The van der Waals surface area contributed by atoms with E-state index in [1.54, 1.807) is 0 Å². The Hall–Kier alpha value is -0.630. The summed E-state index contributed by atoms with van der Waals surface area (Å²) in [6, 6.07) is 2.26. The molecule has 1 saturated carbocycles. The molecular formula is C13H21NO3. The van der Waals surface area contributed by atoms with Crippen LogP contribution in [0.2, 0.25) is 0 Å². The molecule has 2 rings (SSSR count). The standard InChI is InChI=1S/C13H21NO3/c1-2-3-11(10-14)12(15)4-6-13(7-5-12)16-8-9-17-13/h11,15H,2-9H2,1H3. The smallest absolute Gasteiger partial charge is 0.168 e. The summed E-state index contributed by atoms with van der Waals surface area (Å²) in [7, 11) is 0. The van der Waals surface area contributed by atoms with Crippen LogP contribution in [0.4, 0.5) is 0 Å². The first-order valence-electron chi connectivity index (χ1n) is 6.54. The summed E-state index contributed by atoms with van der Waals surface area (Å²) in [5.41, 5.74) is -0.842. The van der Waals surface area contributed by atoms with Gasteiger partial charge in [0, 0.05) is 12.8 Å². The number of ether oxygens (including phenoxy) is 2. The van der Waals surface area contributed by atoms with Crippen molar-refractivity contribution in [2.45, 2.75) is 56.8 Å². The Morgan fingerprint density at radius 1 is 1.24 bits per heavy atom. The van der Waals surface area contributed by atoms with Gasteiger partial charge >= 0.3 is 0 Å². The van der Waals surface area contributed by atoms with Crippen molar-refractivity contribution < 1.29 is 14.6 Å². The van der Waals surface area contributed by atoms with Gasteiger partial charge in [0.05, 0.1) is 30.8 Å². The second kappa shape index (κ2) is 4.93. The van der Waals surface area contributed by atoms with E-state index in [1.165, 1.54) is 0 Å². The molecule has 0 amide bonds. The van der Waals surface area contributed by atoms with Crippen molar-refractivity contribution in [3.05, 3.63) is 0 Å². The molecule has 1 N–H and O–H groups in total. The van der Waals surface area contributed by atoms with Crippen LogP contribution in [0.5, 0.6) is 0 Å². The van der Waals surface area contributed by atoms with Crippen molar-refractivity contribution in [1.82, 2.24) is 0 Å². The van der Waals surface area contributed by atoms with E-state index in [9.17, 15) is 5.11 Å². The molecule has 17 heavy (non-hydrogen) atoms. The minimum Gasteiger partial charge on any atom is -0.389 e. The van der Waals surface area contributed by atoms with Gasteiger partial charge < -0.3 is 14.6 Å². The maximum absolute atomic E-state index is 10.6. The summed E-state index contributed by atoms with van der Waals surface area (Å²) in [6.07, 6.45) is 4.30. The molecule has 2 fully saturated rings. The monoisotopic (exact) mass is 239 g/mol. The fourth-order valence-electron chi connectivity index (χ4n) is 2.94. The first-order chi connectivity index (χ1) is 8.14. The van der Waals surface area contributed by atoms with Crippen LogP contribution >= 0.6 is 0 Å². The van der Waals surface area contributed by atoms with E-state index >= 15 is 0 Å². The minimum atomic E-state index is -0.842. The van der Waals surface area contributed by atoms with Gasteiger partial charge in [-0.1, -0.05) is 13.3 Å². The molecule has 2 aliphatic rings. The van der Waals surface area contributed by atoms with E-state index < -0.39 is 11.4 Å². The van der Waals surface area contributed by atoms with Crippen molar-refractivity contribution in [3.8, 4) is 6.07 Å². The third-order valence-corrected chi connectivity index (χ3v) is 4.07. The molecule has 0 aromatic carbocycles. The Kier molecular flexibility index (Phi) is 3.72. The van der Waals surface area contributed by atoms with Crippen LogP contribution in [0.3, 0.4) is 0 Å². The third-order valence-electron chi connectivity index (χ3n) is 4.07. The largest absolute Gasteiger partial charge is 0.389 e. The molecule has 4 nitrogen and oxygen atoms in total. The van der Waals surface area contributed by atoms with Crippen molar-refractivity contribution in [2.75, 3.05) is 13.2 Å². The van der Waals surface area contributed by atoms with Crippen molar-refractivity contribution in [2.24, 2.45) is 5.92 Å². The van der Waals surface area contributed by atoms with Crippen molar-refractivity contribution in [1.29, 1.82) is 5.26 Å². The predicted octanol–water partition coefficient (Wildman–Crippen LogP) is 1.97. The van der Waals surface area contributed by atoms with Gasteiger partial charge in [0.2, 0.25) is 0 Å². The van der Waals surface area contributed by atoms with E-state index in [4.69, 9.17) is 14.7 Å². The summed E-state index contributed by atoms with van der Waals surface area (Å²) in [5.74, 6) is -0.718. The molecule has 0 bridgehead atoms. The van der Waals surface area contributed by atoms with Gasteiger partial charge in [-0.3, -0.25) is 0 Å². The number of nitrogens with zero attached hydrogens (tertiary/aromatic N) is 1. The topological polar surface area (TPSA) is 62.5 Å². The highest BCUT2D eigenvalue weighted by Gasteiger charge is 2.48. The van der Waals surface area contributed by atoms with E-state index in [0.717, 1.165) is 12.8 Å². The van der Waals surface area contributed by atoms with E-state index in [-0.39, 0.29) is 5.92 Å². The molecule has 0 radical (unpaired) electrons. The summed E-state index contributed by atoms with van der Waals surface area (Å²) < 4.78 is 11.3. The SMILES string of the molecule is CCCC(C#N)C1(O)CCC2(CC1)OCCO2. The molecule has 96 valence electrons. The first kappa shape index (κ1) is 12.8. The van der Waals surface area contributed by atoms with Gasteiger partial charge in [0.15, 0.2) is 5.79 Å². The molecule has 1 heterocycles. The molecule has 4 heteroatoms. The molecule has 1 atom stereocenters. The lowest BCUT2D eigenvalue weighted by Crippen LogP contribution is -2.47. The summed E-state index contributed by atoms with van der Waals surface area (Å²) in [5, 5.41) is 19.7. The fourth-order valence-corrected chi connectivity index (χ4v) is 2.94. The number of hydrogen-bond donors (Lipinski definition) is 1. The van der Waals surface area contributed by atoms with Crippen LogP contribution in [0, 0.1) is 17.2 Å². The summed E-state index contributed by atoms with van der Waals surface area (Å²) in [4.78, 5) is 0. The van der Waals surface area contributed by atoms with Crippen LogP contribution < -0.4 is 0 Å². The average Bonchev–Trinajstić information content (AvgIpc) is 2.79. The molecule has 1 aliphatic heterocycles. The fraction of sp³-hybridized carbons (Fsp3) is 0.923. The zero-order valence-electron chi connectivity index (χ0n) is 10.4. The highest BCUT2D eigenvalue weighted by atomic mass is 16.7. The Bertz CT molecular complexity index is 294. The lowest BCUT2D eigenvalue weighted by atomic mass is 9.72. The molecule has 1 spiro atoms. The maximum atomic E-state index is 10.6. The zero-order valence-corrected chi connectivity index (χ0v) is 10.4. The Labute approximate surface area is 103 Å². The van der Waals surface area contributed by atoms with E-state index in [0.29, 0.717) is 38.9 Å². The van der Waals surface area contributed by atoms with Crippen molar-refractivity contribution >= 4 is 0 Å².